The Balaban J connectivity index is 1.29. The molecule has 4 aromatic rings. The molecule has 1 amide bonds. The number of nitrogens with one attached hydrogen (secondary N) is 1. The molecule has 0 fully saturated rings. The summed E-state index contributed by atoms with van der Waals surface area (Å²) in [6, 6.07) is 34.4. The standard InChI is InChI=1S/C40H47FN2O3/c1-30-38-28-37(46-2)21-18-32(38)27-36(29-44)43(30)26-10-24-40(33-11-5-3-6-12-33,34-13-7-4-8-14-34)23-9-25-42-39(45)22-17-31-15-19-35(41)20-16-31/h3-8,11-16,18-21,28,30,36,44H,9-10,17,22-27,29H2,1-2H3,(H,42,45). The van der Waals surface area contributed by atoms with Gasteiger partial charge in [-0.25, -0.2) is 4.39 Å². The van der Waals surface area contributed by atoms with Gasteiger partial charge in [-0.15, -0.1) is 0 Å². The minimum atomic E-state index is -0.266. The number of aryl methyl sites for hydroxylation is 1. The van der Waals surface area contributed by atoms with E-state index in [0.717, 1.165) is 50.0 Å². The second-order valence-corrected chi connectivity index (χ2v) is 12.5. The van der Waals surface area contributed by atoms with E-state index < -0.39 is 0 Å². The van der Waals surface area contributed by atoms with Crippen molar-refractivity contribution in [1.82, 2.24) is 10.2 Å². The minimum Gasteiger partial charge on any atom is -0.497 e. The average Bonchev–Trinajstić information content (AvgIpc) is 3.10. The highest BCUT2D eigenvalue weighted by atomic mass is 19.1. The summed E-state index contributed by atoms with van der Waals surface area (Å²) in [5, 5.41) is 13.5. The van der Waals surface area contributed by atoms with Crippen molar-refractivity contribution < 1.29 is 19.0 Å². The van der Waals surface area contributed by atoms with E-state index in [9.17, 15) is 14.3 Å². The zero-order valence-corrected chi connectivity index (χ0v) is 27.1. The van der Waals surface area contributed by atoms with E-state index in [1.807, 2.05) is 6.07 Å². The molecule has 6 heteroatoms. The quantitative estimate of drug-likeness (QED) is 0.136. The van der Waals surface area contributed by atoms with Crippen LogP contribution in [0.15, 0.2) is 103 Å². The third kappa shape index (κ3) is 8.04. The molecule has 1 heterocycles. The summed E-state index contributed by atoms with van der Waals surface area (Å²) < 4.78 is 18.8. The molecule has 0 radical (unpaired) electrons. The summed E-state index contributed by atoms with van der Waals surface area (Å²) in [6.07, 6.45) is 5.40. The number of amides is 1. The van der Waals surface area contributed by atoms with Gasteiger partial charge in [-0.3, -0.25) is 9.69 Å². The third-order valence-corrected chi connectivity index (χ3v) is 9.77. The lowest BCUT2D eigenvalue weighted by atomic mass is 9.68. The van der Waals surface area contributed by atoms with Crippen LogP contribution >= 0.6 is 0 Å². The van der Waals surface area contributed by atoms with Gasteiger partial charge in [0.1, 0.15) is 11.6 Å². The summed E-state index contributed by atoms with van der Waals surface area (Å²) in [7, 11) is 1.70. The fraction of sp³-hybridized carbons (Fsp3) is 0.375. The van der Waals surface area contributed by atoms with Gasteiger partial charge in [0, 0.05) is 30.5 Å². The molecule has 2 atom stereocenters. The van der Waals surface area contributed by atoms with Crippen molar-refractivity contribution >= 4 is 5.91 Å². The number of nitrogens with zero attached hydrogens (tertiary/aromatic N) is 1. The second kappa shape index (κ2) is 16.0. The smallest absolute Gasteiger partial charge is 0.220 e. The molecule has 5 nitrogen and oxygen atoms in total. The van der Waals surface area contributed by atoms with Crippen molar-refractivity contribution in [2.45, 2.75) is 69.4 Å². The predicted octanol–water partition coefficient (Wildman–Crippen LogP) is 7.41. The van der Waals surface area contributed by atoms with Crippen LogP contribution in [-0.4, -0.2) is 48.8 Å². The van der Waals surface area contributed by atoms with E-state index in [-0.39, 0.29) is 35.8 Å². The number of aliphatic hydroxyl groups is 1. The van der Waals surface area contributed by atoms with Crippen LogP contribution in [0.3, 0.4) is 0 Å². The van der Waals surface area contributed by atoms with Crippen LogP contribution in [0.25, 0.3) is 0 Å². The largest absolute Gasteiger partial charge is 0.497 e. The number of carbonyl (C=O) groups excluding carboxylic acids is 1. The van der Waals surface area contributed by atoms with Gasteiger partial charge in [0.2, 0.25) is 5.91 Å². The number of rotatable bonds is 15. The number of hydrogen-bond donors (Lipinski definition) is 2. The topological polar surface area (TPSA) is 61.8 Å². The first-order valence-electron chi connectivity index (χ1n) is 16.6. The molecule has 0 spiro atoms. The van der Waals surface area contributed by atoms with E-state index in [1.54, 1.807) is 19.2 Å². The zero-order chi connectivity index (χ0) is 32.4. The Hall–Kier alpha value is -4.00. The van der Waals surface area contributed by atoms with Crippen molar-refractivity contribution in [3.63, 3.8) is 0 Å². The maximum absolute atomic E-state index is 13.2. The SMILES string of the molecule is COc1ccc2c(c1)C(C)N(CCCC(CCCNC(=O)CCc1ccc(F)cc1)(c1ccccc1)c1ccccc1)C(CO)C2. The van der Waals surface area contributed by atoms with Crippen LogP contribution in [0, 0.1) is 5.82 Å². The molecule has 46 heavy (non-hydrogen) atoms. The first kappa shape index (κ1) is 33.4. The molecule has 0 bridgehead atoms. The van der Waals surface area contributed by atoms with E-state index in [2.05, 4.69) is 89.9 Å². The summed E-state index contributed by atoms with van der Waals surface area (Å²) >= 11 is 0. The Morgan fingerprint density at radius 2 is 1.59 bits per heavy atom. The van der Waals surface area contributed by atoms with Gasteiger partial charge < -0.3 is 15.2 Å². The van der Waals surface area contributed by atoms with Gasteiger partial charge in [-0.1, -0.05) is 78.9 Å². The van der Waals surface area contributed by atoms with Gasteiger partial charge >= 0.3 is 0 Å². The fourth-order valence-corrected chi connectivity index (χ4v) is 7.25. The van der Waals surface area contributed by atoms with Crippen LogP contribution < -0.4 is 10.1 Å². The lowest BCUT2D eigenvalue weighted by molar-refractivity contribution is -0.121. The number of ether oxygens (including phenoxy) is 1. The molecule has 4 aromatic carbocycles. The molecular weight excluding hydrogens is 575 g/mol. The number of hydrogen-bond acceptors (Lipinski definition) is 4. The van der Waals surface area contributed by atoms with Crippen molar-refractivity contribution in [3.05, 3.63) is 137 Å². The number of halogens is 1. The van der Waals surface area contributed by atoms with Crippen molar-refractivity contribution in [2.24, 2.45) is 0 Å². The maximum atomic E-state index is 13.2. The van der Waals surface area contributed by atoms with Crippen LogP contribution in [-0.2, 0) is 23.1 Å². The Morgan fingerprint density at radius 3 is 2.22 bits per heavy atom. The highest BCUT2D eigenvalue weighted by Crippen LogP contribution is 2.42. The summed E-state index contributed by atoms with van der Waals surface area (Å²) in [4.78, 5) is 15.2. The van der Waals surface area contributed by atoms with Crippen LogP contribution in [0.2, 0.25) is 0 Å². The Labute approximate surface area is 273 Å². The lowest BCUT2D eigenvalue weighted by Gasteiger charge is -2.42. The van der Waals surface area contributed by atoms with Gasteiger partial charge in [-0.05, 0) is 104 Å². The monoisotopic (exact) mass is 622 g/mol. The van der Waals surface area contributed by atoms with E-state index in [0.29, 0.717) is 19.4 Å². The molecule has 5 rings (SSSR count). The number of fused-ring (bicyclic) bond motifs is 1. The number of methoxy groups -OCH3 is 1. The molecule has 0 aromatic heterocycles. The first-order valence-corrected chi connectivity index (χ1v) is 16.6. The highest BCUT2D eigenvalue weighted by molar-refractivity contribution is 5.76. The lowest BCUT2D eigenvalue weighted by Crippen LogP contribution is -2.45. The number of carbonyl (C=O) groups is 1. The van der Waals surface area contributed by atoms with Crippen molar-refractivity contribution in [2.75, 3.05) is 26.8 Å². The van der Waals surface area contributed by atoms with Gasteiger partial charge in [0.15, 0.2) is 0 Å². The molecule has 2 N–H and O–H groups in total. The van der Waals surface area contributed by atoms with Gasteiger partial charge in [-0.2, -0.15) is 0 Å². The number of aliphatic hydroxyl groups excluding tert-OH is 1. The fourth-order valence-electron chi connectivity index (χ4n) is 7.25. The molecule has 2 unspecified atom stereocenters. The Kier molecular flexibility index (Phi) is 11.6. The number of benzene rings is 4. The van der Waals surface area contributed by atoms with Gasteiger partial charge in [0.05, 0.1) is 13.7 Å². The van der Waals surface area contributed by atoms with Crippen LogP contribution in [0.4, 0.5) is 4.39 Å². The molecular formula is C40H47FN2O3. The first-order chi connectivity index (χ1) is 22.4. The molecule has 0 aliphatic carbocycles. The average molecular weight is 623 g/mol. The zero-order valence-electron chi connectivity index (χ0n) is 27.1. The maximum Gasteiger partial charge on any atom is 0.220 e. The third-order valence-electron chi connectivity index (χ3n) is 9.77. The minimum absolute atomic E-state index is 0.0143. The Morgan fingerprint density at radius 1 is 0.935 bits per heavy atom. The molecule has 1 aliphatic heterocycles. The molecule has 242 valence electrons. The van der Waals surface area contributed by atoms with Crippen LogP contribution in [0.1, 0.15) is 72.9 Å². The second-order valence-electron chi connectivity index (χ2n) is 12.5. The Bertz CT molecular complexity index is 1490. The highest BCUT2D eigenvalue weighted by Gasteiger charge is 2.36. The van der Waals surface area contributed by atoms with Gasteiger partial charge in [0.25, 0.3) is 0 Å². The van der Waals surface area contributed by atoms with E-state index in [1.165, 1.54) is 34.4 Å². The predicted molar refractivity (Wildman–Crippen MR) is 183 cm³/mol. The normalized spacial score (nSPS) is 16.5. The molecule has 0 saturated heterocycles. The van der Waals surface area contributed by atoms with Crippen molar-refractivity contribution in [1.29, 1.82) is 0 Å². The molecule has 1 aliphatic rings. The summed E-state index contributed by atoms with van der Waals surface area (Å²) in [5.41, 5.74) is 5.85. The van der Waals surface area contributed by atoms with E-state index in [4.69, 9.17) is 4.74 Å². The van der Waals surface area contributed by atoms with E-state index >= 15 is 0 Å². The molecule has 0 saturated carbocycles. The van der Waals surface area contributed by atoms with Crippen molar-refractivity contribution in [3.8, 4) is 5.75 Å². The summed E-state index contributed by atoms with van der Waals surface area (Å²) in [6.45, 7) is 3.82. The summed E-state index contributed by atoms with van der Waals surface area (Å²) in [5.74, 6) is 0.612. The van der Waals surface area contributed by atoms with Crippen LogP contribution in [0.5, 0.6) is 5.75 Å².